The van der Waals surface area contributed by atoms with E-state index in [-0.39, 0.29) is 11.5 Å². The van der Waals surface area contributed by atoms with E-state index in [0.29, 0.717) is 13.0 Å². The summed E-state index contributed by atoms with van der Waals surface area (Å²) in [7, 11) is 0. The van der Waals surface area contributed by atoms with Crippen LogP contribution in [-0.2, 0) is 11.2 Å². The second-order valence-corrected chi connectivity index (χ2v) is 6.72. The molecule has 2 heterocycles. The first kappa shape index (κ1) is 18.3. The van der Waals surface area contributed by atoms with Crippen molar-refractivity contribution in [1.29, 1.82) is 5.26 Å². The first-order valence-electron chi connectivity index (χ1n) is 9.43. The van der Waals surface area contributed by atoms with Crippen LogP contribution in [0.2, 0.25) is 0 Å². The average Bonchev–Trinajstić information content (AvgIpc) is 3.40. The van der Waals surface area contributed by atoms with Crippen LogP contribution in [-0.4, -0.2) is 22.0 Å². The van der Waals surface area contributed by atoms with Crippen molar-refractivity contribution in [1.82, 2.24) is 14.9 Å². The van der Waals surface area contributed by atoms with Crippen LogP contribution in [0, 0.1) is 11.3 Å². The monoisotopic (exact) mass is 380 g/mol. The number of para-hydroxylation sites is 2. The van der Waals surface area contributed by atoms with Gasteiger partial charge in [0.2, 0.25) is 0 Å². The first-order valence-corrected chi connectivity index (χ1v) is 9.43. The van der Waals surface area contributed by atoms with E-state index < -0.39 is 0 Å². The summed E-state index contributed by atoms with van der Waals surface area (Å²) >= 11 is 0. The van der Waals surface area contributed by atoms with Crippen LogP contribution >= 0.6 is 0 Å². The van der Waals surface area contributed by atoms with E-state index >= 15 is 0 Å². The Kier molecular flexibility index (Phi) is 5.26. The van der Waals surface area contributed by atoms with Gasteiger partial charge in [0, 0.05) is 41.7 Å². The molecule has 2 N–H and O–H groups in total. The van der Waals surface area contributed by atoms with E-state index in [2.05, 4.69) is 16.4 Å². The zero-order valence-corrected chi connectivity index (χ0v) is 15.8. The average molecular weight is 380 g/mol. The quantitative estimate of drug-likeness (QED) is 0.388. The van der Waals surface area contributed by atoms with Crippen molar-refractivity contribution in [3.63, 3.8) is 0 Å². The number of amides is 1. The minimum Gasteiger partial charge on any atom is -0.361 e. The highest BCUT2D eigenvalue weighted by atomic mass is 16.1. The van der Waals surface area contributed by atoms with E-state index in [0.717, 1.165) is 27.7 Å². The molecule has 2 aromatic carbocycles. The molecule has 0 unspecified atom stereocenters. The third-order valence-corrected chi connectivity index (χ3v) is 4.80. The number of aromatic nitrogens is 2. The summed E-state index contributed by atoms with van der Waals surface area (Å²) < 4.78 is 1.95. The number of nitrogens with zero attached hydrogens (tertiary/aromatic N) is 2. The Morgan fingerprint density at radius 3 is 2.72 bits per heavy atom. The molecule has 0 fully saturated rings. The van der Waals surface area contributed by atoms with Gasteiger partial charge in [0.05, 0.1) is 0 Å². The van der Waals surface area contributed by atoms with Crippen molar-refractivity contribution in [2.45, 2.75) is 6.42 Å². The van der Waals surface area contributed by atoms with Gasteiger partial charge in [-0.05, 0) is 47.9 Å². The predicted molar refractivity (Wildman–Crippen MR) is 114 cm³/mol. The molecular weight excluding hydrogens is 360 g/mol. The van der Waals surface area contributed by atoms with Crippen LogP contribution < -0.4 is 5.32 Å². The highest BCUT2D eigenvalue weighted by molar-refractivity contribution is 6.01. The van der Waals surface area contributed by atoms with E-state index in [9.17, 15) is 10.1 Å². The van der Waals surface area contributed by atoms with Gasteiger partial charge in [0.15, 0.2) is 0 Å². The Balaban J connectivity index is 1.40. The van der Waals surface area contributed by atoms with Crippen molar-refractivity contribution >= 4 is 22.9 Å². The van der Waals surface area contributed by atoms with Gasteiger partial charge in [0.1, 0.15) is 11.6 Å². The van der Waals surface area contributed by atoms with Crippen molar-refractivity contribution in [2.75, 3.05) is 6.54 Å². The zero-order chi connectivity index (χ0) is 20.1. The maximum atomic E-state index is 12.4. The first-order chi connectivity index (χ1) is 14.2. The molecule has 0 spiro atoms. The molecule has 1 amide bonds. The van der Waals surface area contributed by atoms with Gasteiger partial charge in [-0.25, -0.2) is 0 Å². The largest absolute Gasteiger partial charge is 0.361 e. The van der Waals surface area contributed by atoms with Crippen LogP contribution in [0.25, 0.3) is 22.7 Å². The van der Waals surface area contributed by atoms with Crippen LogP contribution in [0.4, 0.5) is 0 Å². The summed E-state index contributed by atoms with van der Waals surface area (Å²) in [6.07, 6.45) is 8.07. The van der Waals surface area contributed by atoms with Gasteiger partial charge in [-0.2, -0.15) is 5.26 Å². The van der Waals surface area contributed by atoms with E-state index in [1.807, 2.05) is 83.8 Å². The lowest BCUT2D eigenvalue weighted by Crippen LogP contribution is -2.26. The number of hydrogen-bond acceptors (Lipinski definition) is 2. The number of nitrogens with one attached hydrogen (secondary N) is 2. The number of nitriles is 1. The normalized spacial score (nSPS) is 11.3. The molecule has 0 aliphatic carbocycles. The summed E-state index contributed by atoms with van der Waals surface area (Å²) in [4.78, 5) is 15.7. The van der Waals surface area contributed by atoms with E-state index in [4.69, 9.17) is 0 Å². The van der Waals surface area contributed by atoms with Gasteiger partial charge >= 0.3 is 0 Å². The number of fused-ring (bicyclic) bond motifs is 1. The third kappa shape index (κ3) is 4.12. The molecule has 0 saturated carbocycles. The van der Waals surface area contributed by atoms with Crippen molar-refractivity contribution in [2.24, 2.45) is 0 Å². The van der Waals surface area contributed by atoms with Gasteiger partial charge in [-0.1, -0.05) is 36.4 Å². The fourth-order valence-corrected chi connectivity index (χ4v) is 3.32. The second-order valence-electron chi connectivity index (χ2n) is 6.72. The van der Waals surface area contributed by atoms with E-state index in [1.165, 1.54) is 0 Å². The smallest absolute Gasteiger partial charge is 0.261 e. The molecule has 0 bridgehead atoms. The van der Waals surface area contributed by atoms with E-state index in [1.54, 1.807) is 6.08 Å². The molecule has 0 radical (unpaired) electrons. The second kappa shape index (κ2) is 8.32. The Morgan fingerprint density at radius 2 is 1.90 bits per heavy atom. The Bertz CT molecular complexity index is 1210. The van der Waals surface area contributed by atoms with Crippen molar-refractivity contribution in [3.05, 3.63) is 96.0 Å². The van der Waals surface area contributed by atoms with Gasteiger partial charge < -0.3 is 14.9 Å². The maximum Gasteiger partial charge on any atom is 0.261 e. The molecule has 2 aromatic heterocycles. The minimum absolute atomic E-state index is 0.0924. The molecule has 0 aliphatic rings. The van der Waals surface area contributed by atoms with Crippen molar-refractivity contribution < 1.29 is 4.79 Å². The van der Waals surface area contributed by atoms with Crippen molar-refractivity contribution in [3.8, 4) is 11.8 Å². The van der Waals surface area contributed by atoms with Gasteiger partial charge in [0.25, 0.3) is 5.91 Å². The van der Waals surface area contributed by atoms with Gasteiger partial charge in [-0.3, -0.25) is 4.79 Å². The third-order valence-electron chi connectivity index (χ3n) is 4.80. The number of rotatable bonds is 6. The molecule has 142 valence electrons. The maximum absolute atomic E-state index is 12.4. The summed E-state index contributed by atoms with van der Waals surface area (Å²) in [5, 5.41) is 13.4. The number of carbonyl (C=O) groups is 1. The molecule has 4 rings (SSSR count). The van der Waals surface area contributed by atoms with Gasteiger partial charge in [-0.15, -0.1) is 0 Å². The lowest BCUT2D eigenvalue weighted by atomic mass is 10.1. The highest BCUT2D eigenvalue weighted by Crippen LogP contribution is 2.18. The Hall–Kier alpha value is -4.04. The summed E-state index contributed by atoms with van der Waals surface area (Å²) in [6, 6.07) is 21.8. The standard InChI is InChI=1S/C24H20N4O/c25-15-20(14-18-11-13-28(17-18)21-6-2-1-3-7-21)24(29)26-12-10-19-16-27-23-9-5-4-8-22(19)23/h1-9,11,13-14,16-17,27H,10,12H2,(H,26,29)/b20-14+. The summed E-state index contributed by atoms with van der Waals surface area (Å²) in [6.45, 7) is 0.463. The fourth-order valence-electron chi connectivity index (χ4n) is 3.32. The molecular formula is C24H20N4O. The lowest BCUT2D eigenvalue weighted by molar-refractivity contribution is -0.117. The molecule has 29 heavy (non-hydrogen) atoms. The topological polar surface area (TPSA) is 73.6 Å². The summed E-state index contributed by atoms with van der Waals surface area (Å²) in [5.74, 6) is -0.361. The Labute approximate surface area is 168 Å². The number of hydrogen-bond donors (Lipinski definition) is 2. The van der Waals surface area contributed by atoms with Crippen LogP contribution in [0.15, 0.2) is 84.8 Å². The number of benzene rings is 2. The van der Waals surface area contributed by atoms with Crippen LogP contribution in [0.3, 0.4) is 0 Å². The number of H-pyrrole nitrogens is 1. The molecule has 0 saturated heterocycles. The lowest BCUT2D eigenvalue weighted by Gasteiger charge is -2.04. The fraction of sp³-hybridized carbons (Fsp3) is 0.0833. The predicted octanol–water partition coefficient (Wildman–Crippen LogP) is 4.22. The molecule has 5 nitrogen and oxygen atoms in total. The molecule has 0 aliphatic heterocycles. The number of carbonyl (C=O) groups excluding carboxylic acids is 1. The molecule has 5 heteroatoms. The summed E-state index contributed by atoms with van der Waals surface area (Å²) in [5.41, 5.74) is 4.14. The molecule has 4 aromatic rings. The van der Waals surface area contributed by atoms with Crippen LogP contribution in [0.1, 0.15) is 11.1 Å². The zero-order valence-electron chi connectivity index (χ0n) is 15.8. The SMILES string of the molecule is N#C/C(=C\c1ccn(-c2ccccc2)c1)C(=O)NCCc1c[nH]c2ccccc12. The minimum atomic E-state index is -0.361. The Morgan fingerprint density at radius 1 is 1.10 bits per heavy atom. The molecule has 0 atom stereocenters. The highest BCUT2D eigenvalue weighted by Gasteiger charge is 2.10. The number of aromatic amines is 1. The van der Waals surface area contributed by atoms with Crippen LogP contribution in [0.5, 0.6) is 0 Å².